The zero-order valence-electron chi connectivity index (χ0n) is 19.1. The molecular formula is C22H26F2O11S. The number of esters is 3. The molecule has 0 radical (unpaired) electrons. The van der Waals surface area contributed by atoms with Crippen LogP contribution in [0.3, 0.4) is 0 Å². The van der Waals surface area contributed by atoms with Crippen molar-refractivity contribution in [3.63, 3.8) is 0 Å². The Morgan fingerprint density at radius 2 is 1.81 bits per heavy atom. The minimum Gasteiger partial charge on any atom is -0.458 e. The number of carbonyl (C=O) groups excluding carboxylic acids is 3. The van der Waals surface area contributed by atoms with E-state index >= 15 is 0 Å². The van der Waals surface area contributed by atoms with E-state index in [0.29, 0.717) is 19.3 Å². The largest absolute Gasteiger partial charge is 0.465 e. The predicted molar refractivity (Wildman–Crippen MR) is 110 cm³/mol. The second kappa shape index (κ2) is 7.35. The molecule has 6 aliphatic carbocycles. The van der Waals surface area contributed by atoms with Crippen LogP contribution >= 0.6 is 0 Å². The van der Waals surface area contributed by atoms with Crippen molar-refractivity contribution in [3.05, 3.63) is 0 Å². The van der Waals surface area contributed by atoms with Crippen LogP contribution in [-0.4, -0.2) is 76.9 Å². The van der Waals surface area contributed by atoms with Crippen LogP contribution < -0.4 is 0 Å². The molecule has 0 spiro atoms. The van der Waals surface area contributed by atoms with Crippen molar-refractivity contribution < 1.29 is 60.2 Å². The Morgan fingerprint density at radius 3 is 2.50 bits per heavy atom. The minimum absolute atomic E-state index is 0.0350. The lowest BCUT2D eigenvalue weighted by atomic mass is 9.50. The molecule has 7 rings (SSSR count). The summed E-state index contributed by atoms with van der Waals surface area (Å²) >= 11 is 0. The third-order valence-electron chi connectivity index (χ3n) is 8.99. The average molecular weight is 537 g/mol. The highest BCUT2D eigenvalue weighted by Gasteiger charge is 2.68. The van der Waals surface area contributed by atoms with Crippen molar-refractivity contribution in [1.82, 2.24) is 0 Å². The van der Waals surface area contributed by atoms with Gasteiger partial charge in [0, 0.05) is 31.1 Å². The molecule has 7 fully saturated rings. The highest BCUT2D eigenvalue weighted by atomic mass is 32.2. The molecule has 14 heteroatoms. The van der Waals surface area contributed by atoms with E-state index in [1.165, 1.54) is 0 Å². The number of rotatable bonds is 7. The molecule has 0 amide bonds. The Bertz CT molecular complexity index is 1140. The van der Waals surface area contributed by atoms with Gasteiger partial charge in [0.1, 0.15) is 24.4 Å². The lowest BCUT2D eigenvalue weighted by molar-refractivity contribution is -0.277. The molecule has 36 heavy (non-hydrogen) atoms. The monoisotopic (exact) mass is 536 g/mol. The lowest BCUT2D eigenvalue weighted by Gasteiger charge is -2.63. The van der Waals surface area contributed by atoms with E-state index < -0.39 is 62.9 Å². The SMILES string of the molecule is O=C(COC12CC3CC(O)(C1)CC(OC(=O)C(F)(F)S(=O)(=O)O)(C3)C2)OC1C2CC3C(=O)OC1C3C2. The topological polar surface area (TPSA) is 163 Å². The van der Waals surface area contributed by atoms with Gasteiger partial charge in [0.05, 0.1) is 17.1 Å². The molecule has 6 saturated carbocycles. The van der Waals surface area contributed by atoms with Crippen molar-refractivity contribution >= 4 is 28.0 Å². The summed E-state index contributed by atoms with van der Waals surface area (Å²) in [7, 11) is -6.05. The third kappa shape index (κ3) is 3.58. The molecule has 0 aromatic carbocycles. The van der Waals surface area contributed by atoms with E-state index in [2.05, 4.69) is 0 Å². The van der Waals surface area contributed by atoms with Gasteiger partial charge in [-0.25, -0.2) is 9.59 Å². The number of halogens is 2. The number of fused-ring (bicyclic) bond motifs is 1. The van der Waals surface area contributed by atoms with Gasteiger partial charge in [-0.2, -0.15) is 17.2 Å². The number of carbonyl (C=O) groups is 3. The molecule has 0 aromatic rings. The first kappa shape index (κ1) is 24.4. The normalized spacial score (nSPS) is 46.2. The van der Waals surface area contributed by atoms with Crippen molar-refractivity contribution in [2.24, 2.45) is 23.7 Å². The second-order valence-corrected chi connectivity index (χ2v) is 13.1. The first-order valence-electron chi connectivity index (χ1n) is 12.0. The number of hydrogen-bond acceptors (Lipinski definition) is 10. The third-order valence-corrected chi connectivity index (χ3v) is 9.80. The molecule has 9 atom stereocenters. The number of ether oxygens (including phenoxy) is 4. The van der Waals surface area contributed by atoms with Gasteiger partial charge in [0.25, 0.3) is 0 Å². The maximum absolute atomic E-state index is 13.9. The molecular weight excluding hydrogens is 510 g/mol. The molecule has 11 nitrogen and oxygen atoms in total. The Balaban J connectivity index is 1.14. The fourth-order valence-corrected chi connectivity index (χ4v) is 8.56. The first-order valence-corrected chi connectivity index (χ1v) is 13.4. The minimum atomic E-state index is -6.05. The van der Waals surface area contributed by atoms with E-state index in [1.54, 1.807) is 0 Å². The van der Waals surface area contributed by atoms with Crippen molar-refractivity contribution in [2.75, 3.05) is 6.61 Å². The van der Waals surface area contributed by atoms with Gasteiger partial charge in [0.15, 0.2) is 0 Å². The zero-order chi connectivity index (χ0) is 25.9. The highest BCUT2D eigenvalue weighted by Crippen LogP contribution is 2.62. The fourth-order valence-electron chi connectivity index (χ4n) is 8.31. The zero-order valence-corrected chi connectivity index (χ0v) is 19.9. The van der Waals surface area contributed by atoms with Crippen molar-refractivity contribution in [1.29, 1.82) is 0 Å². The average Bonchev–Trinajstić information content (AvgIpc) is 3.34. The number of aliphatic hydroxyl groups is 1. The second-order valence-electron chi connectivity index (χ2n) is 11.6. The summed E-state index contributed by atoms with van der Waals surface area (Å²) in [5.74, 6) is -3.71. The van der Waals surface area contributed by atoms with Crippen LogP contribution in [0.25, 0.3) is 0 Å². The van der Waals surface area contributed by atoms with Crippen LogP contribution in [0, 0.1) is 23.7 Å². The van der Waals surface area contributed by atoms with Crippen molar-refractivity contribution in [3.8, 4) is 0 Å². The van der Waals surface area contributed by atoms with Crippen LogP contribution in [-0.2, 0) is 43.4 Å². The van der Waals surface area contributed by atoms with E-state index in [9.17, 15) is 36.7 Å². The fraction of sp³-hybridized carbons (Fsp3) is 0.864. The van der Waals surface area contributed by atoms with Crippen LogP contribution in [0.4, 0.5) is 8.78 Å². The molecule has 7 aliphatic rings. The molecule has 2 N–H and O–H groups in total. The molecule has 1 heterocycles. The Morgan fingerprint density at radius 1 is 1.11 bits per heavy atom. The number of alkyl halides is 2. The highest BCUT2D eigenvalue weighted by molar-refractivity contribution is 7.87. The Hall–Kier alpha value is -1.90. The lowest BCUT2D eigenvalue weighted by Crippen LogP contribution is -2.68. The van der Waals surface area contributed by atoms with E-state index in [1.807, 2.05) is 0 Å². The van der Waals surface area contributed by atoms with E-state index in [-0.39, 0.29) is 55.3 Å². The summed E-state index contributed by atoms with van der Waals surface area (Å²) < 4.78 is 80.4. The predicted octanol–water partition coefficient (Wildman–Crippen LogP) is 0.726. The van der Waals surface area contributed by atoms with Gasteiger partial charge in [-0.15, -0.1) is 0 Å². The summed E-state index contributed by atoms with van der Waals surface area (Å²) in [5.41, 5.74) is -4.24. The van der Waals surface area contributed by atoms with Crippen LogP contribution in [0.2, 0.25) is 0 Å². The standard InChI is InChI=1S/C22H26F2O11S/c23-22(24,36(29,30)31)18(27)35-21-5-10-3-19(28,8-21)7-20(4-10,9-21)32-6-14(25)33-15-11-1-12-13(2-11)17(26)34-16(12)15/h10-13,15-16,28H,1-9H2,(H,29,30,31). The molecule has 0 aromatic heterocycles. The summed E-state index contributed by atoms with van der Waals surface area (Å²) in [6.45, 7) is -0.508. The van der Waals surface area contributed by atoms with E-state index in [0.717, 1.165) is 6.42 Å². The summed E-state index contributed by atoms with van der Waals surface area (Å²) in [5, 5.41) is 5.91. The van der Waals surface area contributed by atoms with Gasteiger partial charge >= 0.3 is 33.3 Å². The summed E-state index contributed by atoms with van der Waals surface area (Å²) in [4.78, 5) is 36.7. The maximum atomic E-state index is 13.9. The van der Waals surface area contributed by atoms with E-state index in [4.69, 9.17) is 23.5 Å². The number of hydrogen-bond donors (Lipinski definition) is 2. The van der Waals surface area contributed by atoms with Gasteiger partial charge in [-0.1, -0.05) is 0 Å². The molecule has 1 aliphatic heterocycles. The van der Waals surface area contributed by atoms with Crippen molar-refractivity contribution in [2.45, 2.75) is 85.6 Å². The smallest absolute Gasteiger partial charge is 0.458 e. The van der Waals surface area contributed by atoms with Gasteiger partial charge in [0.2, 0.25) is 0 Å². The molecule has 1 saturated heterocycles. The van der Waals surface area contributed by atoms with Crippen LogP contribution in [0.15, 0.2) is 0 Å². The molecule has 200 valence electrons. The Labute approximate surface area is 204 Å². The Kier molecular flexibility index (Phi) is 4.99. The molecule has 6 bridgehead atoms. The quantitative estimate of drug-likeness (QED) is 0.268. The maximum Gasteiger partial charge on any atom is 0.465 e. The molecule has 9 unspecified atom stereocenters. The summed E-state index contributed by atoms with van der Waals surface area (Å²) in [6.07, 6.45) is 0.907. The first-order chi connectivity index (χ1) is 16.6. The summed E-state index contributed by atoms with van der Waals surface area (Å²) in [6, 6.07) is 0. The van der Waals surface area contributed by atoms with Crippen LogP contribution in [0.1, 0.15) is 51.4 Å². The van der Waals surface area contributed by atoms with Gasteiger partial charge in [-0.05, 0) is 38.0 Å². The van der Waals surface area contributed by atoms with Gasteiger partial charge in [-0.3, -0.25) is 9.35 Å². The van der Waals surface area contributed by atoms with Crippen LogP contribution in [0.5, 0.6) is 0 Å². The van der Waals surface area contributed by atoms with Gasteiger partial charge < -0.3 is 24.1 Å².